The van der Waals surface area contributed by atoms with Crippen molar-refractivity contribution in [1.29, 1.82) is 0 Å². The molecule has 1 aromatic heterocycles. The average Bonchev–Trinajstić information content (AvgIpc) is 2.09. The van der Waals surface area contributed by atoms with Crippen LogP contribution in [0.1, 0.15) is 0 Å². The molecule has 0 bridgehead atoms. The maximum absolute atomic E-state index is 5.27. The van der Waals surface area contributed by atoms with Crippen LogP contribution in [-0.4, -0.2) is 33.2 Å². The van der Waals surface area contributed by atoms with Crippen LogP contribution in [0.3, 0.4) is 0 Å². The van der Waals surface area contributed by atoms with Gasteiger partial charge in [0.2, 0.25) is 5.88 Å². The Labute approximate surface area is 73.1 Å². The van der Waals surface area contributed by atoms with Gasteiger partial charge in [-0.1, -0.05) is 11.5 Å². The van der Waals surface area contributed by atoms with E-state index in [0.29, 0.717) is 19.1 Å². The first-order chi connectivity index (χ1) is 5.83. The normalized spacial score (nSPS) is 9.75. The van der Waals surface area contributed by atoms with Crippen LogP contribution in [0.25, 0.3) is 0 Å². The first-order valence-electron chi connectivity index (χ1n) is 3.87. The Bertz CT molecular complexity index is 225. The van der Waals surface area contributed by atoms with Gasteiger partial charge in [0.15, 0.2) is 0 Å². The lowest BCUT2D eigenvalue weighted by atomic mass is 9.99. The van der Waals surface area contributed by atoms with E-state index in [0.717, 1.165) is 5.46 Å². The second-order valence-electron chi connectivity index (χ2n) is 2.52. The molecule has 1 rings (SSSR count). The van der Waals surface area contributed by atoms with E-state index < -0.39 is 0 Å². The second-order valence-corrected chi connectivity index (χ2v) is 2.52. The van der Waals surface area contributed by atoms with Crippen molar-refractivity contribution in [3.63, 3.8) is 0 Å². The summed E-state index contributed by atoms with van der Waals surface area (Å²) in [6, 6.07) is 3.82. The van der Waals surface area contributed by atoms with Gasteiger partial charge in [-0.05, 0) is 6.07 Å². The summed E-state index contributed by atoms with van der Waals surface area (Å²) in [6.07, 6.45) is 1.78. The Kier molecular flexibility index (Phi) is 3.61. The van der Waals surface area contributed by atoms with Crippen molar-refractivity contribution < 1.29 is 9.47 Å². The Morgan fingerprint density at radius 2 is 2.25 bits per heavy atom. The molecule has 0 radical (unpaired) electrons. The van der Waals surface area contributed by atoms with E-state index in [1.807, 2.05) is 20.0 Å². The largest absolute Gasteiger partial charge is 0.475 e. The molecule has 0 aliphatic rings. The Balaban J connectivity index is 2.37. The zero-order chi connectivity index (χ0) is 8.81. The number of methoxy groups -OCH3 is 1. The second kappa shape index (κ2) is 4.77. The number of hydrogen-bond donors (Lipinski definition) is 0. The first-order valence-corrected chi connectivity index (χ1v) is 3.87. The monoisotopic (exact) mass is 165 g/mol. The predicted molar refractivity (Wildman–Crippen MR) is 49.8 cm³/mol. The van der Waals surface area contributed by atoms with Crippen LogP contribution in [-0.2, 0) is 4.74 Å². The number of aromatic nitrogens is 1. The molecule has 4 heteroatoms. The number of nitrogens with zero attached hydrogens (tertiary/aromatic N) is 1. The van der Waals surface area contributed by atoms with E-state index >= 15 is 0 Å². The van der Waals surface area contributed by atoms with Crippen LogP contribution < -0.4 is 10.2 Å². The molecule has 0 aliphatic carbocycles. The molecule has 0 N–H and O–H groups in total. The van der Waals surface area contributed by atoms with E-state index in [-0.39, 0.29) is 0 Å². The quantitative estimate of drug-likeness (QED) is 0.439. The smallest absolute Gasteiger partial charge is 0.213 e. The molecule has 0 saturated carbocycles. The molecule has 1 heterocycles. The van der Waals surface area contributed by atoms with Gasteiger partial charge in [-0.2, -0.15) is 0 Å². The van der Waals surface area contributed by atoms with Crippen molar-refractivity contribution in [2.75, 3.05) is 20.3 Å². The third-order valence-electron chi connectivity index (χ3n) is 1.42. The van der Waals surface area contributed by atoms with Crippen LogP contribution >= 0.6 is 0 Å². The summed E-state index contributed by atoms with van der Waals surface area (Å²) in [7, 11) is 3.64. The summed E-state index contributed by atoms with van der Waals surface area (Å²) in [6.45, 7) is 1.14. The molecule has 64 valence electrons. The Morgan fingerprint density at radius 1 is 1.42 bits per heavy atom. The molecule has 0 amide bonds. The van der Waals surface area contributed by atoms with Crippen LogP contribution in [0.5, 0.6) is 5.88 Å². The molecule has 0 unspecified atom stereocenters. The summed E-state index contributed by atoms with van der Waals surface area (Å²) in [5, 5.41) is 0. The topological polar surface area (TPSA) is 31.4 Å². The lowest BCUT2D eigenvalue weighted by Gasteiger charge is -2.03. The fraction of sp³-hybridized carbons (Fsp3) is 0.375. The van der Waals surface area contributed by atoms with Gasteiger partial charge in [-0.15, -0.1) is 0 Å². The Hall–Kier alpha value is -1.03. The highest BCUT2D eigenvalue weighted by Gasteiger charge is 1.92. The molecule has 0 spiro atoms. The SMILES string of the molecule is Bc1ccc(OCCOC)nc1. The van der Waals surface area contributed by atoms with Crippen LogP contribution in [0.4, 0.5) is 0 Å². The predicted octanol–water partition coefficient (Wildman–Crippen LogP) is -0.635. The van der Waals surface area contributed by atoms with E-state index in [2.05, 4.69) is 4.98 Å². The molecule has 1 aromatic rings. The Morgan fingerprint density at radius 3 is 2.83 bits per heavy atom. The van der Waals surface area contributed by atoms with Gasteiger partial charge in [0, 0.05) is 13.3 Å². The van der Waals surface area contributed by atoms with Crippen molar-refractivity contribution in [1.82, 2.24) is 4.98 Å². The molecule has 0 atom stereocenters. The van der Waals surface area contributed by atoms with Crippen molar-refractivity contribution in [3.8, 4) is 5.88 Å². The minimum atomic E-state index is 0.548. The molecule has 0 aromatic carbocycles. The first kappa shape index (κ1) is 9.07. The maximum Gasteiger partial charge on any atom is 0.213 e. The third-order valence-corrected chi connectivity index (χ3v) is 1.42. The highest BCUT2D eigenvalue weighted by atomic mass is 16.5. The van der Waals surface area contributed by atoms with Gasteiger partial charge in [-0.25, -0.2) is 4.98 Å². The summed E-state index contributed by atoms with van der Waals surface area (Å²) in [5.41, 5.74) is 1.13. The highest BCUT2D eigenvalue weighted by Crippen LogP contribution is 2.00. The highest BCUT2D eigenvalue weighted by molar-refractivity contribution is 6.32. The van der Waals surface area contributed by atoms with E-state index in [1.54, 1.807) is 13.3 Å². The van der Waals surface area contributed by atoms with Crippen molar-refractivity contribution in [2.24, 2.45) is 0 Å². The molecule has 0 saturated heterocycles. The van der Waals surface area contributed by atoms with Gasteiger partial charge in [0.25, 0.3) is 0 Å². The summed E-state index contributed by atoms with van der Waals surface area (Å²) in [4.78, 5) is 4.07. The van der Waals surface area contributed by atoms with E-state index in [4.69, 9.17) is 9.47 Å². The molecule has 3 nitrogen and oxygen atoms in total. The fourth-order valence-electron chi connectivity index (χ4n) is 0.769. The van der Waals surface area contributed by atoms with Gasteiger partial charge in [-0.3, -0.25) is 0 Å². The summed E-state index contributed by atoms with van der Waals surface area (Å²) < 4.78 is 10.1. The van der Waals surface area contributed by atoms with Crippen molar-refractivity contribution in [2.45, 2.75) is 0 Å². The molecule has 12 heavy (non-hydrogen) atoms. The molecular formula is C8H12BNO2. The zero-order valence-corrected chi connectivity index (χ0v) is 7.41. The van der Waals surface area contributed by atoms with Gasteiger partial charge < -0.3 is 9.47 Å². The summed E-state index contributed by atoms with van der Waals surface area (Å²) in [5.74, 6) is 0.651. The van der Waals surface area contributed by atoms with Crippen LogP contribution in [0, 0.1) is 0 Å². The van der Waals surface area contributed by atoms with Gasteiger partial charge >= 0.3 is 0 Å². The third kappa shape index (κ3) is 2.92. The number of hydrogen-bond acceptors (Lipinski definition) is 3. The minimum Gasteiger partial charge on any atom is -0.475 e. The molecular weight excluding hydrogens is 153 g/mol. The number of pyridine rings is 1. The lowest BCUT2D eigenvalue weighted by Crippen LogP contribution is -2.07. The maximum atomic E-state index is 5.27. The number of ether oxygens (including phenoxy) is 2. The fourth-order valence-corrected chi connectivity index (χ4v) is 0.769. The summed E-state index contributed by atoms with van der Waals surface area (Å²) >= 11 is 0. The van der Waals surface area contributed by atoms with Gasteiger partial charge in [0.1, 0.15) is 14.5 Å². The molecule has 0 aliphatic heterocycles. The standard InChI is InChI=1S/C8H12BNO2/c1-11-4-5-12-8-3-2-7(9)6-10-8/h2-3,6H,4-5,9H2,1H3. The van der Waals surface area contributed by atoms with Crippen LogP contribution in [0.15, 0.2) is 18.3 Å². The average molecular weight is 165 g/mol. The minimum absolute atomic E-state index is 0.548. The van der Waals surface area contributed by atoms with Crippen molar-refractivity contribution in [3.05, 3.63) is 18.3 Å². The molecule has 0 fully saturated rings. The van der Waals surface area contributed by atoms with Crippen molar-refractivity contribution >= 4 is 13.3 Å². The van der Waals surface area contributed by atoms with E-state index in [1.165, 1.54) is 0 Å². The van der Waals surface area contributed by atoms with E-state index in [9.17, 15) is 0 Å². The van der Waals surface area contributed by atoms with Crippen LogP contribution in [0.2, 0.25) is 0 Å². The zero-order valence-electron chi connectivity index (χ0n) is 7.41. The lowest BCUT2D eigenvalue weighted by molar-refractivity contribution is 0.144. The number of rotatable bonds is 4. The van der Waals surface area contributed by atoms with Gasteiger partial charge in [0.05, 0.1) is 6.61 Å².